The fraction of sp³-hybridized carbons (Fsp3) is 0.393. The van der Waals surface area contributed by atoms with Gasteiger partial charge in [0.1, 0.15) is 17.4 Å². The van der Waals surface area contributed by atoms with Crippen LogP contribution in [0.5, 0.6) is 0 Å². The van der Waals surface area contributed by atoms with Crippen LogP contribution < -0.4 is 21.2 Å². The van der Waals surface area contributed by atoms with Crippen molar-refractivity contribution >= 4 is 47.4 Å². The number of amides is 2. The minimum atomic E-state index is -2.69. The molecule has 2 amide bonds. The van der Waals surface area contributed by atoms with Gasteiger partial charge in [0, 0.05) is 27.6 Å². The molecular weight excluding hydrogens is 513 g/mol. The average Bonchev–Trinajstić information content (AvgIpc) is 2.75. The molecule has 10 heteroatoms. The second kappa shape index (κ2) is 9.72. The summed E-state index contributed by atoms with van der Waals surface area (Å²) in [5, 5.41) is 4.28. The molecule has 0 unspecified atom stereocenters. The van der Waals surface area contributed by atoms with Gasteiger partial charge in [-0.1, -0.05) is 61.2 Å². The predicted octanol–water partition coefficient (Wildman–Crippen LogP) is 6.39. The zero-order valence-electron chi connectivity index (χ0n) is 23.1. The maximum absolute atomic E-state index is 15.8. The van der Waals surface area contributed by atoms with Crippen molar-refractivity contribution in [1.82, 2.24) is 0 Å². The van der Waals surface area contributed by atoms with Gasteiger partial charge in [-0.25, -0.2) is 13.2 Å². The lowest BCUT2D eigenvalue weighted by Crippen LogP contribution is -2.43. The van der Waals surface area contributed by atoms with Crippen molar-refractivity contribution < 1.29 is 27.2 Å². The lowest BCUT2D eigenvalue weighted by atomic mass is 9.95. The summed E-state index contributed by atoms with van der Waals surface area (Å²) in [7, 11) is -2.69. The number of anilines is 2. The van der Waals surface area contributed by atoms with E-state index in [0.29, 0.717) is 0 Å². The summed E-state index contributed by atoms with van der Waals surface area (Å²) in [5.74, 6) is -3.94. The topological polar surface area (TPSA) is 88.4 Å². The summed E-state index contributed by atoms with van der Waals surface area (Å²) in [6.07, 6.45) is 0. The maximum Gasteiger partial charge on any atom is 0.229 e. The average molecular weight is 547 g/mol. The van der Waals surface area contributed by atoms with Crippen LogP contribution in [0.25, 0.3) is 22.3 Å². The molecule has 0 atom stereocenters. The summed E-state index contributed by atoms with van der Waals surface area (Å²) >= 11 is 0. The van der Waals surface area contributed by atoms with Crippen LogP contribution in [0.1, 0.15) is 41.5 Å². The second-order valence-corrected chi connectivity index (χ2v) is 17.4. The van der Waals surface area contributed by atoms with Crippen LogP contribution >= 0.6 is 0 Å². The molecule has 6 nitrogen and oxygen atoms in total. The minimum Gasteiger partial charge on any atom is -0.453 e. The van der Waals surface area contributed by atoms with E-state index in [1.165, 1.54) is 12.1 Å². The highest BCUT2D eigenvalue weighted by molar-refractivity contribution is 6.89. The summed E-state index contributed by atoms with van der Waals surface area (Å²) in [6, 6.07) is 4.76. The molecule has 1 aromatic heterocycles. The minimum absolute atomic E-state index is 0.0711. The number of nitrogens with one attached hydrogen (secondary N) is 2. The highest BCUT2D eigenvalue weighted by atomic mass is 28.3. The van der Waals surface area contributed by atoms with E-state index in [4.69, 9.17) is 4.42 Å². The van der Waals surface area contributed by atoms with Crippen LogP contribution in [-0.4, -0.2) is 19.9 Å². The van der Waals surface area contributed by atoms with Crippen molar-refractivity contribution in [2.24, 2.45) is 10.8 Å². The Bertz CT molecular complexity index is 1510. The normalized spacial score (nSPS) is 12.5. The molecule has 2 N–H and O–H groups in total. The van der Waals surface area contributed by atoms with Crippen LogP contribution in [-0.2, 0) is 9.59 Å². The SMILES string of the molecule is CC(C)(C)C(=O)Nc1ccc(-c2cc(=O)c3c(NC(=O)C(C)(C)C)c(F)c([Si](C)(C)C)c(F)c3o2)cc1F. The molecule has 204 valence electrons. The molecule has 2 aromatic carbocycles. The van der Waals surface area contributed by atoms with Crippen LogP contribution in [0, 0.1) is 28.3 Å². The van der Waals surface area contributed by atoms with Crippen molar-refractivity contribution in [2.45, 2.75) is 61.2 Å². The lowest BCUT2D eigenvalue weighted by molar-refractivity contribution is -0.123. The van der Waals surface area contributed by atoms with Gasteiger partial charge in [0.2, 0.25) is 11.8 Å². The first-order valence-corrected chi connectivity index (χ1v) is 15.7. The highest BCUT2D eigenvalue weighted by Gasteiger charge is 2.34. The fourth-order valence-corrected chi connectivity index (χ4v) is 5.18. The Hall–Kier alpha value is -3.40. The van der Waals surface area contributed by atoms with E-state index in [1.54, 1.807) is 61.2 Å². The van der Waals surface area contributed by atoms with Gasteiger partial charge in [-0.05, 0) is 18.2 Å². The van der Waals surface area contributed by atoms with Crippen molar-refractivity contribution in [3.8, 4) is 11.3 Å². The first-order chi connectivity index (χ1) is 17.2. The van der Waals surface area contributed by atoms with Crippen molar-refractivity contribution in [2.75, 3.05) is 10.6 Å². The maximum atomic E-state index is 15.8. The van der Waals surface area contributed by atoms with Gasteiger partial charge in [-0.2, -0.15) is 0 Å². The van der Waals surface area contributed by atoms with E-state index in [1.807, 2.05) is 0 Å². The number of hydrogen-bond donors (Lipinski definition) is 2. The fourth-order valence-electron chi connectivity index (χ4n) is 3.63. The van der Waals surface area contributed by atoms with Gasteiger partial charge in [-0.3, -0.25) is 14.4 Å². The quantitative estimate of drug-likeness (QED) is 0.371. The van der Waals surface area contributed by atoms with E-state index in [0.717, 1.165) is 12.1 Å². The molecule has 0 aliphatic rings. The molecule has 3 rings (SSSR count). The molecule has 38 heavy (non-hydrogen) atoms. The Morgan fingerprint density at radius 3 is 1.89 bits per heavy atom. The summed E-state index contributed by atoms with van der Waals surface area (Å²) in [6.45, 7) is 15.1. The molecule has 3 aromatic rings. The van der Waals surface area contributed by atoms with Gasteiger partial charge in [0.05, 0.1) is 24.8 Å². The van der Waals surface area contributed by atoms with Crippen LogP contribution in [0.4, 0.5) is 24.5 Å². The summed E-state index contributed by atoms with van der Waals surface area (Å²) < 4.78 is 52.1. The van der Waals surface area contributed by atoms with Gasteiger partial charge >= 0.3 is 0 Å². The zero-order chi connectivity index (χ0) is 29.0. The molecule has 0 aliphatic carbocycles. The molecule has 0 aliphatic heterocycles. The van der Waals surface area contributed by atoms with Gasteiger partial charge in [0.25, 0.3) is 0 Å². The standard InChI is InChI=1S/C28H33F3N2O4Si/c1-27(2,3)25(35)32-16-11-10-14(12-15(16)29)18-13-17(34)19-22(33-26(36)28(4,5)6)20(30)24(38(7,8)9)21(31)23(19)37-18/h10-13H,1-9H3,(H,32,35)(H,33,36). The van der Waals surface area contributed by atoms with Crippen LogP contribution in [0.2, 0.25) is 19.6 Å². The highest BCUT2D eigenvalue weighted by Crippen LogP contribution is 2.33. The number of benzene rings is 2. The monoisotopic (exact) mass is 546 g/mol. The Morgan fingerprint density at radius 1 is 0.842 bits per heavy atom. The smallest absolute Gasteiger partial charge is 0.229 e. The molecule has 0 saturated carbocycles. The molecule has 0 spiro atoms. The van der Waals surface area contributed by atoms with E-state index in [2.05, 4.69) is 10.6 Å². The summed E-state index contributed by atoms with van der Waals surface area (Å²) in [5.41, 5.74) is -3.42. The molecule has 0 radical (unpaired) electrons. The summed E-state index contributed by atoms with van der Waals surface area (Å²) in [4.78, 5) is 38.2. The lowest BCUT2D eigenvalue weighted by Gasteiger charge is -2.24. The first kappa shape index (κ1) is 29.2. The molecule has 1 heterocycles. The predicted molar refractivity (Wildman–Crippen MR) is 147 cm³/mol. The Kier molecular flexibility index (Phi) is 7.46. The molecule has 0 saturated heterocycles. The van der Waals surface area contributed by atoms with E-state index >= 15 is 8.78 Å². The van der Waals surface area contributed by atoms with E-state index in [-0.39, 0.29) is 22.2 Å². The van der Waals surface area contributed by atoms with Crippen LogP contribution in [0.15, 0.2) is 33.5 Å². The Morgan fingerprint density at radius 2 is 1.39 bits per heavy atom. The van der Waals surface area contributed by atoms with Crippen molar-refractivity contribution in [3.05, 3.63) is 51.9 Å². The molecule has 0 fully saturated rings. The van der Waals surface area contributed by atoms with Crippen molar-refractivity contribution in [3.63, 3.8) is 0 Å². The third-order valence-electron chi connectivity index (χ3n) is 5.91. The first-order valence-electron chi connectivity index (χ1n) is 12.2. The third kappa shape index (κ3) is 5.69. The van der Waals surface area contributed by atoms with Gasteiger partial charge < -0.3 is 15.1 Å². The largest absolute Gasteiger partial charge is 0.453 e. The number of carbonyl (C=O) groups is 2. The number of rotatable bonds is 4. The Labute approximate surface area is 220 Å². The number of hydrogen-bond acceptors (Lipinski definition) is 4. The third-order valence-corrected chi connectivity index (χ3v) is 7.85. The number of fused-ring (bicyclic) bond motifs is 1. The number of carbonyl (C=O) groups excluding carboxylic acids is 2. The van der Waals surface area contributed by atoms with Crippen LogP contribution in [0.3, 0.4) is 0 Å². The van der Waals surface area contributed by atoms with E-state index < -0.39 is 70.3 Å². The van der Waals surface area contributed by atoms with Gasteiger partial charge in [-0.15, -0.1) is 0 Å². The van der Waals surface area contributed by atoms with Gasteiger partial charge in [0.15, 0.2) is 16.8 Å². The number of halogens is 3. The van der Waals surface area contributed by atoms with E-state index in [9.17, 15) is 18.8 Å². The Balaban J connectivity index is 2.26. The molecular formula is C28H33F3N2O4Si. The second-order valence-electron chi connectivity index (χ2n) is 12.4. The zero-order valence-corrected chi connectivity index (χ0v) is 24.1. The van der Waals surface area contributed by atoms with Crippen molar-refractivity contribution in [1.29, 1.82) is 0 Å². The molecule has 0 bridgehead atoms.